The Hall–Kier alpha value is -1.51. The summed E-state index contributed by atoms with van der Waals surface area (Å²) in [5.74, 6) is 0. The van der Waals surface area contributed by atoms with Gasteiger partial charge in [0, 0.05) is 12.1 Å². The van der Waals surface area contributed by atoms with E-state index in [1.54, 1.807) is 0 Å². The number of aliphatic imine (C=N–C) groups is 1. The van der Waals surface area contributed by atoms with E-state index in [1.807, 2.05) is 12.1 Å². The van der Waals surface area contributed by atoms with Crippen LogP contribution in [0.4, 0.5) is 5.69 Å². The molecular formula is C14H20N2O. The number of ether oxygens (including phenoxy) is 1. The first-order valence-corrected chi connectivity index (χ1v) is 6.05. The summed E-state index contributed by atoms with van der Waals surface area (Å²) in [6.45, 7) is 8.41. The Morgan fingerprint density at radius 2 is 1.94 bits per heavy atom. The summed E-state index contributed by atoms with van der Waals surface area (Å²) in [6.07, 6.45) is 1.15. The molecule has 3 nitrogen and oxygen atoms in total. The highest BCUT2D eigenvalue weighted by Gasteiger charge is 2.28. The van der Waals surface area contributed by atoms with Gasteiger partial charge in [-0.2, -0.15) is 0 Å². The average molecular weight is 232 g/mol. The number of amidine groups is 1. The summed E-state index contributed by atoms with van der Waals surface area (Å²) in [6, 6.07) is 8.83. The Balaban J connectivity index is 2.13. The lowest BCUT2D eigenvalue weighted by atomic mass is 9.97. The van der Waals surface area contributed by atoms with Gasteiger partial charge in [-0.15, -0.1) is 0 Å². The van der Waals surface area contributed by atoms with Gasteiger partial charge in [0.15, 0.2) is 0 Å². The Labute approximate surface area is 103 Å². The molecule has 0 amide bonds. The van der Waals surface area contributed by atoms with Crippen molar-refractivity contribution in [3.63, 3.8) is 0 Å². The van der Waals surface area contributed by atoms with Crippen LogP contribution >= 0.6 is 0 Å². The summed E-state index contributed by atoms with van der Waals surface area (Å²) in [7, 11) is 0. The van der Waals surface area contributed by atoms with Gasteiger partial charge in [0.25, 0.3) is 6.02 Å². The molecule has 0 aromatic heterocycles. The quantitative estimate of drug-likeness (QED) is 0.805. The van der Waals surface area contributed by atoms with E-state index < -0.39 is 0 Å². The van der Waals surface area contributed by atoms with Gasteiger partial charge in [0.05, 0.1) is 5.54 Å². The number of benzene rings is 1. The third-order valence-corrected chi connectivity index (χ3v) is 2.81. The van der Waals surface area contributed by atoms with Gasteiger partial charge >= 0.3 is 0 Å². The molecule has 1 aromatic carbocycles. The average Bonchev–Trinajstić information content (AvgIpc) is 2.18. The van der Waals surface area contributed by atoms with Crippen LogP contribution in [0.2, 0.25) is 0 Å². The fourth-order valence-electron chi connectivity index (χ4n) is 2.10. The van der Waals surface area contributed by atoms with Crippen molar-refractivity contribution in [3.05, 3.63) is 29.8 Å². The van der Waals surface area contributed by atoms with Gasteiger partial charge in [0.2, 0.25) is 0 Å². The minimum Gasteiger partial charge on any atom is -0.462 e. The van der Waals surface area contributed by atoms with Gasteiger partial charge in [-0.1, -0.05) is 17.7 Å². The zero-order valence-electron chi connectivity index (χ0n) is 10.9. The third kappa shape index (κ3) is 3.22. The molecule has 1 heterocycles. The van der Waals surface area contributed by atoms with Gasteiger partial charge in [-0.25, -0.2) is 4.99 Å². The first kappa shape index (κ1) is 12.0. The summed E-state index contributed by atoms with van der Waals surface area (Å²) in [5, 5.41) is 3.22. The molecule has 1 aliphatic rings. The van der Waals surface area contributed by atoms with Crippen LogP contribution in [0.1, 0.15) is 32.8 Å². The van der Waals surface area contributed by atoms with Crippen LogP contribution in [-0.4, -0.2) is 17.7 Å². The number of aryl methyl sites for hydroxylation is 1. The first-order chi connectivity index (χ1) is 7.94. The smallest absolute Gasteiger partial charge is 0.289 e. The number of hydrogen-bond donors (Lipinski definition) is 1. The molecule has 92 valence electrons. The predicted octanol–water partition coefficient (Wildman–Crippen LogP) is 3.35. The van der Waals surface area contributed by atoms with Crippen molar-refractivity contribution in [1.29, 1.82) is 0 Å². The SMILES string of the molecule is Cc1ccc(NC2=NC(C)(C)CC(C)O2)cc1. The lowest BCUT2D eigenvalue weighted by Crippen LogP contribution is -2.36. The standard InChI is InChI=1S/C14H20N2O/c1-10-5-7-12(8-6-10)15-13-16-14(3,4)9-11(2)17-13/h5-8,11H,9H2,1-4H3,(H,15,16). The van der Waals surface area contributed by atoms with E-state index in [0.717, 1.165) is 12.1 Å². The van der Waals surface area contributed by atoms with Crippen molar-refractivity contribution in [2.45, 2.75) is 45.8 Å². The molecular weight excluding hydrogens is 212 g/mol. The van der Waals surface area contributed by atoms with E-state index in [0.29, 0.717) is 6.02 Å². The highest BCUT2D eigenvalue weighted by atomic mass is 16.5. The molecule has 1 aromatic rings. The molecule has 1 atom stereocenters. The number of rotatable bonds is 1. The van der Waals surface area contributed by atoms with Crippen molar-refractivity contribution in [2.75, 3.05) is 5.32 Å². The topological polar surface area (TPSA) is 33.6 Å². The van der Waals surface area contributed by atoms with Crippen LogP contribution in [0, 0.1) is 6.92 Å². The fourth-order valence-corrected chi connectivity index (χ4v) is 2.10. The van der Waals surface area contributed by atoms with Crippen molar-refractivity contribution in [3.8, 4) is 0 Å². The Bertz CT molecular complexity index is 420. The van der Waals surface area contributed by atoms with E-state index in [9.17, 15) is 0 Å². The van der Waals surface area contributed by atoms with Gasteiger partial charge in [-0.3, -0.25) is 0 Å². The molecule has 0 bridgehead atoms. The maximum atomic E-state index is 5.69. The second-order valence-corrected chi connectivity index (χ2v) is 5.35. The Morgan fingerprint density at radius 3 is 2.53 bits per heavy atom. The molecule has 1 N–H and O–H groups in total. The summed E-state index contributed by atoms with van der Waals surface area (Å²) >= 11 is 0. The maximum absolute atomic E-state index is 5.69. The monoisotopic (exact) mass is 232 g/mol. The molecule has 0 radical (unpaired) electrons. The third-order valence-electron chi connectivity index (χ3n) is 2.81. The molecule has 1 aliphatic heterocycles. The van der Waals surface area contributed by atoms with Crippen molar-refractivity contribution < 1.29 is 4.74 Å². The highest BCUT2D eigenvalue weighted by molar-refractivity contribution is 5.89. The maximum Gasteiger partial charge on any atom is 0.289 e. The molecule has 0 aliphatic carbocycles. The Kier molecular flexibility index (Phi) is 3.09. The lowest BCUT2D eigenvalue weighted by Gasteiger charge is -2.31. The fraction of sp³-hybridized carbons (Fsp3) is 0.500. The molecule has 17 heavy (non-hydrogen) atoms. The van der Waals surface area contributed by atoms with Crippen LogP contribution in [0.25, 0.3) is 0 Å². The second-order valence-electron chi connectivity index (χ2n) is 5.35. The largest absolute Gasteiger partial charge is 0.462 e. The molecule has 0 saturated carbocycles. The van der Waals surface area contributed by atoms with E-state index in [1.165, 1.54) is 5.56 Å². The van der Waals surface area contributed by atoms with E-state index in [-0.39, 0.29) is 11.6 Å². The lowest BCUT2D eigenvalue weighted by molar-refractivity contribution is 0.144. The van der Waals surface area contributed by atoms with Crippen LogP contribution in [-0.2, 0) is 4.74 Å². The normalized spacial score (nSPS) is 22.6. The number of nitrogens with zero attached hydrogens (tertiary/aromatic N) is 1. The van der Waals surface area contributed by atoms with Crippen molar-refractivity contribution in [2.24, 2.45) is 4.99 Å². The van der Waals surface area contributed by atoms with Crippen LogP contribution in [0.3, 0.4) is 0 Å². The van der Waals surface area contributed by atoms with Gasteiger partial charge in [0.1, 0.15) is 6.10 Å². The van der Waals surface area contributed by atoms with E-state index in [2.05, 4.69) is 50.1 Å². The number of hydrogen-bond acceptors (Lipinski definition) is 3. The summed E-state index contributed by atoms with van der Waals surface area (Å²) in [4.78, 5) is 4.57. The van der Waals surface area contributed by atoms with Gasteiger partial charge < -0.3 is 10.1 Å². The van der Waals surface area contributed by atoms with Crippen molar-refractivity contribution >= 4 is 11.7 Å². The van der Waals surface area contributed by atoms with E-state index >= 15 is 0 Å². The Morgan fingerprint density at radius 1 is 1.29 bits per heavy atom. The first-order valence-electron chi connectivity index (χ1n) is 6.05. The molecule has 0 spiro atoms. The molecule has 1 unspecified atom stereocenters. The predicted molar refractivity (Wildman–Crippen MR) is 71.5 cm³/mol. The molecule has 2 rings (SSSR count). The van der Waals surface area contributed by atoms with Gasteiger partial charge in [-0.05, 0) is 39.8 Å². The van der Waals surface area contributed by atoms with Crippen LogP contribution in [0.15, 0.2) is 29.3 Å². The molecule has 0 saturated heterocycles. The zero-order chi connectivity index (χ0) is 12.5. The minimum atomic E-state index is -0.0509. The zero-order valence-corrected chi connectivity index (χ0v) is 10.9. The van der Waals surface area contributed by atoms with E-state index in [4.69, 9.17) is 4.74 Å². The number of anilines is 1. The molecule has 0 fully saturated rings. The minimum absolute atomic E-state index is 0.0509. The summed E-state index contributed by atoms with van der Waals surface area (Å²) in [5.41, 5.74) is 2.21. The molecule has 3 heteroatoms. The highest BCUT2D eigenvalue weighted by Crippen LogP contribution is 2.24. The van der Waals surface area contributed by atoms with Crippen molar-refractivity contribution in [1.82, 2.24) is 0 Å². The van der Waals surface area contributed by atoms with Crippen LogP contribution < -0.4 is 5.32 Å². The van der Waals surface area contributed by atoms with Crippen LogP contribution in [0.5, 0.6) is 0 Å². The number of nitrogens with one attached hydrogen (secondary N) is 1. The summed E-state index contributed by atoms with van der Waals surface area (Å²) < 4.78 is 5.69. The second kappa shape index (κ2) is 4.40.